The molecule has 0 bridgehead atoms. The molecular weight excluding hydrogens is 249 g/mol. The van der Waals surface area contributed by atoms with Crippen LogP contribution in [0.3, 0.4) is 0 Å². The van der Waals surface area contributed by atoms with E-state index in [4.69, 9.17) is 22.4 Å². The van der Waals surface area contributed by atoms with Crippen LogP contribution in [0.4, 0.5) is 4.39 Å². The molecule has 1 rings (SSSR count). The Bertz CT molecular complexity index is 462. The zero-order valence-corrected chi connectivity index (χ0v) is 9.79. The molecule has 0 saturated heterocycles. The predicted molar refractivity (Wildman–Crippen MR) is 60.1 cm³/mol. The predicted octanol–water partition coefficient (Wildman–Crippen LogP) is 1.60. The highest BCUT2D eigenvalue weighted by Crippen LogP contribution is 2.27. The fraction of sp³-hybridized carbons (Fsp3) is 0.273. The van der Waals surface area contributed by atoms with Crippen molar-refractivity contribution in [2.45, 2.75) is 13.3 Å². The summed E-state index contributed by atoms with van der Waals surface area (Å²) in [6.07, 6.45) is -0.256. The van der Waals surface area contributed by atoms with Gasteiger partial charge < -0.3 is 10.8 Å². The number of halogens is 2. The SMILES string of the molecule is CC(Cc1cc(F)ccc1Cl)(C(N)=O)C(=O)O. The van der Waals surface area contributed by atoms with Gasteiger partial charge in [-0.3, -0.25) is 9.59 Å². The van der Waals surface area contributed by atoms with Crippen LogP contribution in [0.5, 0.6) is 0 Å². The lowest BCUT2D eigenvalue weighted by molar-refractivity contribution is -0.153. The molecule has 0 fully saturated rings. The zero-order chi connectivity index (χ0) is 13.2. The molecule has 1 amide bonds. The van der Waals surface area contributed by atoms with Gasteiger partial charge in [-0.1, -0.05) is 11.6 Å². The fourth-order valence-corrected chi connectivity index (χ4v) is 1.51. The highest BCUT2D eigenvalue weighted by molar-refractivity contribution is 6.31. The number of hydrogen-bond acceptors (Lipinski definition) is 2. The molecule has 17 heavy (non-hydrogen) atoms. The number of carboxylic acids is 1. The highest BCUT2D eigenvalue weighted by atomic mass is 35.5. The Labute approximate surface area is 102 Å². The molecule has 0 aliphatic carbocycles. The Hall–Kier alpha value is -1.62. The van der Waals surface area contributed by atoms with Crippen molar-refractivity contribution in [3.05, 3.63) is 34.6 Å². The molecule has 0 saturated carbocycles. The van der Waals surface area contributed by atoms with E-state index in [0.717, 1.165) is 12.1 Å². The Balaban J connectivity index is 3.15. The van der Waals surface area contributed by atoms with E-state index < -0.39 is 23.1 Å². The van der Waals surface area contributed by atoms with E-state index in [-0.39, 0.29) is 17.0 Å². The normalized spacial score (nSPS) is 14.1. The third-order valence-electron chi connectivity index (χ3n) is 2.57. The number of primary amides is 1. The summed E-state index contributed by atoms with van der Waals surface area (Å²) in [5.74, 6) is -2.92. The monoisotopic (exact) mass is 259 g/mol. The summed E-state index contributed by atoms with van der Waals surface area (Å²) in [7, 11) is 0. The van der Waals surface area contributed by atoms with E-state index in [1.54, 1.807) is 0 Å². The Morgan fingerprint density at radius 3 is 2.59 bits per heavy atom. The molecule has 0 aliphatic rings. The van der Waals surface area contributed by atoms with Crippen LogP contribution in [0.15, 0.2) is 18.2 Å². The van der Waals surface area contributed by atoms with E-state index in [0.29, 0.717) is 0 Å². The lowest BCUT2D eigenvalue weighted by Crippen LogP contribution is -2.43. The Kier molecular flexibility index (Phi) is 3.72. The van der Waals surface area contributed by atoms with Crippen molar-refractivity contribution in [1.29, 1.82) is 0 Å². The Morgan fingerprint density at radius 1 is 1.53 bits per heavy atom. The lowest BCUT2D eigenvalue weighted by Gasteiger charge is -2.21. The molecule has 1 atom stereocenters. The summed E-state index contributed by atoms with van der Waals surface area (Å²) in [6.45, 7) is 1.18. The number of carbonyl (C=O) groups excluding carboxylic acids is 1. The van der Waals surface area contributed by atoms with Crippen molar-refractivity contribution < 1.29 is 19.1 Å². The molecule has 92 valence electrons. The minimum atomic E-state index is -1.81. The molecule has 0 aliphatic heterocycles. The molecule has 0 aromatic heterocycles. The first kappa shape index (κ1) is 13.4. The van der Waals surface area contributed by atoms with Crippen molar-refractivity contribution in [2.75, 3.05) is 0 Å². The van der Waals surface area contributed by atoms with Crippen molar-refractivity contribution in [3.63, 3.8) is 0 Å². The van der Waals surface area contributed by atoms with Crippen molar-refractivity contribution in [1.82, 2.24) is 0 Å². The second-order valence-electron chi connectivity index (χ2n) is 3.91. The van der Waals surface area contributed by atoms with Crippen LogP contribution >= 0.6 is 11.6 Å². The fourth-order valence-electron chi connectivity index (χ4n) is 1.33. The second kappa shape index (κ2) is 4.71. The number of amides is 1. The third-order valence-corrected chi connectivity index (χ3v) is 2.94. The first-order valence-electron chi connectivity index (χ1n) is 4.74. The van der Waals surface area contributed by atoms with Gasteiger partial charge >= 0.3 is 5.97 Å². The first-order chi connectivity index (χ1) is 7.77. The maximum absolute atomic E-state index is 13.0. The van der Waals surface area contributed by atoms with Gasteiger partial charge in [0.15, 0.2) is 0 Å². The largest absolute Gasteiger partial charge is 0.480 e. The average Bonchev–Trinajstić information content (AvgIpc) is 2.22. The zero-order valence-electron chi connectivity index (χ0n) is 9.04. The van der Waals surface area contributed by atoms with Gasteiger partial charge in [-0.25, -0.2) is 4.39 Å². The summed E-state index contributed by atoms with van der Waals surface area (Å²) < 4.78 is 13.0. The molecule has 3 N–H and O–H groups in total. The van der Waals surface area contributed by atoms with Gasteiger partial charge in [-0.15, -0.1) is 0 Å². The van der Waals surface area contributed by atoms with E-state index >= 15 is 0 Å². The number of benzene rings is 1. The van der Waals surface area contributed by atoms with Crippen LogP contribution in [0, 0.1) is 11.2 Å². The van der Waals surface area contributed by atoms with E-state index in [1.165, 1.54) is 13.0 Å². The number of carboxylic acid groups (broad SMARTS) is 1. The van der Waals surface area contributed by atoms with Crippen LogP contribution in [0.25, 0.3) is 0 Å². The molecule has 1 aromatic rings. The van der Waals surface area contributed by atoms with Crippen molar-refractivity contribution in [2.24, 2.45) is 11.1 Å². The van der Waals surface area contributed by atoms with Crippen LogP contribution in [-0.2, 0) is 16.0 Å². The number of hydrogen-bond donors (Lipinski definition) is 2. The maximum atomic E-state index is 13.0. The molecule has 0 radical (unpaired) electrons. The smallest absolute Gasteiger partial charge is 0.319 e. The molecule has 0 heterocycles. The minimum Gasteiger partial charge on any atom is -0.480 e. The van der Waals surface area contributed by atoms with Crippen LogP contribution in [0.2, 0.25) is 5.02 Å². The second-order valence-corrected chi connectivity index (χ2v) is 4.32. The number of nitrogens with two attached hydrogens (primary N) is 1. The number of aliphatic carboxylic acids is 1. The molecular formula is C11H11ClFNO3. The molecule has 0 spiro atoms. The average molecular weight is 260 g/mol. The topological polar surface area (TPSA) is 80.4 Å². The minimum absolute atomic E-state index is 0.195. The van der Waals surface area contributed by atoms with Gasteiger partial charge in [0, 0.05) is 5.02 Å². The quantitative estimate of drug-likeness (QED) is 0.806. The summed E-state index contributed by atoms with van der Waals surface area (Å²) in [5, 5.41) is 9.18. The van der Waals surface area contributed by atoms with Gasteiger partial charge in [0.05, 0.1) is 0 Å². The summed E-state index contributed by atoms with van der Waals surface area (Å²) in [6, 6.07) is 3.54. The van der Waals surface area contributed by atoms with Crippen LogP contribution in [0.1, 0.15) is 12.5 Å². The van der Waals surface area contributed by atoms with Crippen molar-refractivity contribution in [3.8, 4) is 0 Å². The van der Waals surface area contributed by atoms with Gasteiger partial charge in [-0.05, 0) is 37.1 Å². The summed E-state index contributed by atoms with van der Waals surface area (Å²) in [4.78, 5) is 22.2. The first-order valence-corrected chi connectivity index (χ1v) is 5.12. The van der Waals surface area contributed by atoms with Gasteiger partial charge in [0.2, 0.25) is 5.91 Å². The molecule has 6 heteroatoms. The van der Waals surface area contributed by atoms with E-state index in [1.807, 2.05) is 0 Å². The Morgan fingerprint density at radius 2 is 2.12 bits per heavy atom. The van der Waals surface area contributed by atoms with Crippen LogP contribution < -0.4 is 5.73 Å². The molecule has 1 unspecified atom stereocenters. The van der Waals surface area contributed by atoms with Gasteiger partial charge in [0.25, 0.3) is 0 Å². The van der Waals surface area contributed by atoms with E-state index in [9.17, 15) is 14.0 Å². The maximum Gasteiger partial charge on any atom is 0.319 e. The highest BCUT2D eigenvalue weighted by Gasteiger charge is 2.40. The van der Waals surface area contributed by atoms with E-state index in [2.05, 4.69) is 0 Å². The van der Waals surface area contributed by atoms with Crippen molar-refractivity contribution >= 4 is 23.5 Å². The third kappa shape index (κ3) is 2.74. The summed E-state index contributed by atoms with van der Waals surface area (Å²) in [5.41, 5.74) is 3.47. The summed E-state index contributed by atoms with van der Waals surface area (Å²) >= 11 is 5.80. The van der Waals surface area contributed by atoms with Gasteiger partial charge in [0.1, 0.15) is 11.2 Å². The number of rotatable bonds is 4. The lowest BCUT2D eigenvalue weighted by atomic mass is 9.83. The van der Waals surface area contributed by atoms with Crippen LogP contribution in [-0.4, -0.2) is 17.0 Å². The molecule has 1 aromatic carbocycles. The standard InChI is InChI=1S/C11H11ClFNO3/c1-11(9(14)15,10(16)17)5-6-4-7(13)2-3-8(6)12/h2-4H,5H2,1H3,(H2,14,15)(H,16,17). The van der Waals surface area contributed by atoms with Gasteiger partial charge in [-0.2, -0.15) is 0 Å². The number of carbonyl (C=O) groups is 2. The molecule has 4 nitrogen and oxygen atoms in total.